The molecule has 2 rings (SSSR count). The van der Waals surface area contributed by atoms with Crippen molar-refractivity contribution in [2.24, 2.45) is 0 Å². The lowest BCUT2D eigenvalue weighted by Gasteiger charge is -2.35. The molecule has 0 atom stereocenters. The molecule has 1 N–H and O–H groups in total. The van der Waals surface area contributed by atoms with Gasteiger partial charge < -0.3 is 15.1 Å². The SMILES string of the molecule is CN(C)CCN1CCN(CCCNC2CCCC2)CC1. The Morgan fingerprint density at radius 3 is 2.15 bits per heavy atom. The molecule has 1 aliphatic heterocycles. The average molecular weight is 282 g/mol. The van der Waals surface area contributed by atoms with E-state index in [0.717, 1.165) is 6.04 Å². The molecule has 2 aliphatic rings. The lowest BCUT2D eigenvalue weighted by molar-refractivity contribution is 0.124. The smallest absolute Gasteiger partial charge is 0.0110 e. The van der Waals surface area contributed by atoms with Gasteiger partial charge in [0.2, 0.25) is 0 Å². The molecule has 2 fully saturated rings. The number of nitrogens with zero attached hydrogens (tertiary/aromatic N) is 3. The topological polar surface area (TPSA) is 21.8 Å². The third kappa shape index (κ3) is 6.08. The van der Waals surface area contributed by atoms with E-state index in [1.165, 1.54) is 84.5 Å². The highest BCUT2D eigenvalue weighted by Crippen LogP contribution is 2.17. The first-order chi connectivity index (χ1) is 9.74. The van der Waals surface area contributed by atoms with Crippen molar-refractivity contribution in [1.82, 2.24) is 20.0 Å². The minimum atomic E-state index is 0.831. The number of hydrogen-bond donors (Lipinski definition) is 1. The summed E-state index contributed by atoms with van der Waals surface area (Å²) in [6, 6.07) is 0.831. The minimum Gasteiger partial charge on any atom is -0.314 e. The average Bonchev–Trinajstić information content (AvgIpc) is 2.96. The maximum absolute atomic E-state index is 3.72. The Morgan fingerprint density at radius 2 is 1.55 bits per heavy atom. The molecule has 0 radical (unpaired) electrons. The number of piperazine rings is 1. The molecule has 0 amide bonds. The van der Waals surface area contributed by atoms with Crippen LogP contribution in [0.1, 0.15) is 32.1 Å². The molecule has 1 saturated carbocycles. The predicted octanol–water partition coefficient (Wildman–Crippen LogP) is 1.09. The highest BCUT2D eigenvalue weighted by Gasteiger charge is 2.17. The molecule has 118 valence electrons. The van der Waals surface area contributed by atoms with Gasteiger partial charge in [-0.05, 0) is 46.4 Å². The first-order valence-electron chi connectivity index (χ1n) is 8.57. The summed E-state index contributed by atoms with van der Waals surface area (Å²) < 4.78 is 0. The van der Waals surface area contributed by atoms with Crippen molar-refractivity contribution < 1.29 is 0 Å². The Labute approximate surface area is 125 Å². The highest BCUT2D eigenvalue weighted by atomic mass is 15.3. The van der Waals surface area contributed by atoms with Gasteiger partial charge in [-0.15, -0.1) is 0 Å². The van der Waals surface area contributed by atoms with Crippen molar-refractivity contribution in [2.75, 3.05) is 66.5 Å². The van der Waals surface area contributed by atoms with Crippen LogP contribution in [0.4, 0.5) is 0 Å². The van der Waals surface area contributed by atoms with Crippen LogP contribution in [0, 0.1) is 0 Å². The summed E-state index contributed by atoms with van der Waals surface area (Å²) in [5, 5.41) is 3.72. The van der Waals surface area contributed by atoms with Gasteiger partial charge in [-0.25, -0.2) is 0 Å². The van der Waals surface area contributed by atoms with E-state index in [1.807, 2.05) is 0 Å². The van der Waals surface area contributed by atoms with E-state index in [9.17, 15) is 0 Å². The number of hydrogen-bond acceptors (Lipinski definition) is 4. The minimum absolute atomic E-state index is 0.831. The van der Waals surface area contributed by atoms with Gasteiger partial charge in [0.15, 0.2) is 0 Å². The van der Waals surface area contributed by atoms with Crippen LogP contribution in [-0.4, -0.2) is 87.2 Å². The van der Waals surface area contributed by atoms with Gasteiger partial charge in [0.05, 0.1) is 0 Å². The van der Waals surface area contributed by atoms with E-state index in [0.29, 0.717) is 0 Å². The van der Waals surface area contributed by atoms with E-state index >= 15 is 0 Å². The Hall–Kier alpha value is -0.160. The van der Waals surface area contributed by atoms with Gasteiger partial charge in [-0.1, -0.05) is 12.8 Å². The molecular weight excluding hydrogens is 248 g/mol. The second kappa shape index (κ2) is 8.98. The third-order valence-electron chi connectivity index (χ3n) is 4.77. The van der Waals surface area contributed by atoms with Crippen LogP contribution >= 0.6 is 0 Å². The Kier molecular flexibility index (Phi) is 7.28. The summed E-state index contributed by atoms with van der Waals surface area (Å²) in [6.45, 7) is 9.93. The molecule has 1 saturated heterocycles. The first-order valence-corrected chi connectivity index (χ1v) is 8.57. The van der Waals surface area contributed by atoms with Gasteiger partial charge in [0, 0.05) is 45.3 Å². The summed E-state index contributed by atoms with van der Waals surface area (Å²) in [5.74, 6) is 0. The molecule has 1 aliphatic carbocycles. The Balaban J connectivity index is 1.47. The molecule has 0 aromatic heterocycles. The zero-order valence-electron chi connectivity index (χ0n) is 13.6. The van der Waals surface area contributed by atoms with Crippen LogP contribution in [0.5, 0.6) is 0 Å². The zero-order valence-corrected chi connectivity index (χ0v) is 13.6. The lowest BCUT2D eigenvalue weighted by Crippen LogP contribution is -2.48. The van der Waals surface area contributed by atoms with E-state index in [4.69, 9.17) is 0 Å². The second-order valence-corrected chi connectivity index (χ2v) is 6.78. The zero-order chi connectivity index (χ0) is 14.2. The predicted molar refractivity (Wildman–Crippen MR) is 86.3 cm³/mol. The molecule has 0 aromatic carbocycles. The van der Waals surface area contributed by atoms with Gasteiger partial charge in [0.1, 0.15) is 0 Å². The monoisotopic (exact) mass is 282 g/mol. The maximum Gasteiger partial charge on any atom is 0.0110 e. The van der Waals surface area contributed by atoms with Crippen LogP contribution in [-0.2, 0) is 0 Å². The van der Waals surface area contributed by atoms with Gasteiger partial charge >= 0.3 is 0 Å². The highest BCUT2D eigenvalue weighted by molar-refractivity contribution is 4.75. The van der Waals surface area contributed by atoms with Crippen LogP contribution < -0.4 is 5.32 Å². The van der Waals surface area contributed by atoms with E-state index < -0.39 is 0 Å². The summed E-state index contributed by atoms with van der Waals surface area (Å²) in [5.41, 5.74) is 0. The summed E-state index contributed by atoms with van der Waals surface area (Å²) >= 11 is 0. The van der Waals surface area contributed by atoms with Crippen molar-refractivity contribution in [2.45, 2.75) is 38.1 Å². The Bertz CT molecular complexity index is 243. The van der Waals surface area contributed by atoms with Crippen molar-refractivity contribution in [3.05, 3.63) is 0 Å². The van der Waals surface area contributed by atoms with Crippen molar-refractivity contribution in [3.8, 4) is 0 Å². The van der Waals surface area contributed by atoms with Crippen molar-refractivity contribution >= 4 is 0 Å². The largest absolute Gasteiger partial charge is 0.314 e. The first kappa shape index (κ1) is 16.2. The van der Waals surface area contributed by atoms with E-state index in [-0.39, 0.29) is 0 Å². The fourth-order valence-electron chi connectivity index (χ4n) is 3.32. The van der Waals surface area contributed by atoms with Crippen LogP contribution in [0.2, 0.25) is 0 Å². The van der Waals surface area contributed by atoms with Gasteiger partial charge in [-0.3, -0.25) is 4.90 Å². The number of rotatable bonds is 8. The molecular formula is C16H34N4. The van der Waals surface area contributed by atoms with Gasteiger partial charge in [0.25, 0.3) is 0 Å². The van der Waals surface area contributed by atoms with E-state index in [1.54, 1.807) is 0 Å². The fraction of sp³-hybridized carbons (Fsp3) is 1.00. The van der Waals surface area contributed by atoms with Gasteiger partial charge in [-0.2, -0.15) is 0 Å². The fourth-order valence-corrected chi connectivity index (χ4v) is 3.32. The molecule has 0 aromatic rings. The second-order valence-electron chi connectivity index (χ2n) is 6.78. The van der Waals surface area contributed by atoms with Crippen molar-refractivity contribution in [1.29, 1.82) is 0 Å². The Morgan fingerprint density at radius 1 is 0.950 bits per heavy atom. The summed E-state index contributed by atoms with van der Waals surface area (Å²) in [7, 11) is 4.32. The molecule has 0 bridgehead atoms. The van der Waals surface area contributed by atoms with Crippen molar-refractivity contribution in [3.63, 3.8) is 0 Å². The number of nitrogens with one attached hydrogen (secondary N) is 1. The van der Waals surface area contributed by atoms with E-state index in [2.05, 4.69) is 34.1 Å². The summed E-state index contributed by atoms with van der Waals surface area (Å²) in [6.07, 6.45) is 7.00. The maximum atomic E-state index is 3.72. The quantitative estimate of drug-likeness (QED) is 0.673. The molecule has 4 heteroatoms. The lowest BCUT2D eigenvalue weighted by atomic mass is 10.2. The molecule has 1 heterocycles. The van der Waals surface area contributed by atoms with Crippen LogP contribution in [0.25, 0.3) is 0 Å². The van der Waals surface area contributed by atoms with Crippen LogP contribution in [0.15, 0.2) is 0 Å². The molecule has 4 nitrogen and oxygen atoms in total. The normalized spacial score (nSPS) is 22.9. The number of likely N-dealkylation sites (N-methyl/N-ethyl adjacent to an activating group) is 1. The summed E-state index contributed by atoms with van der Waals surface area (Å²) in [4.78, 5) is 7.52. The molecule has 0 spiro atoms. The third-order valence-corrected chi connectivity index (χ3v) is 4.77. The molecule has 20 heavy (non-hydrogen) atoms. The molecule has 0 unspecified atom stereocenters. The van der Waals surface area contributed by atoms with Crippen LogP contribution in [0.3, 0.4) is 0 Å². The standard InChI is InChI=1S/C16H34N4/c1-18(2)10-11-20-14-12-19(13-15-20)9-5-8-17-16-6-3-4-7-16/h16-17H,3-15H2,1-2H3.